The molecule has 0 rings (SSSR count). The summed E-state index contributed by atoms with van der Waals surface area (Å²) < 4.78 is 22.9. The van der Waals surface area contributed by atoms with Crippen LogP contribution in [0.5, 0.6) is 0 Å². The van der Waals surface area contributed by atoms with Crippen molar-refractivity contribution in [1.29, 1.82) is 0 Å². The van der Waals surface area contributed by atoms with E-state index in [1.807, 2.05) is 21.1 Å². The Balaban J connectivity index is 4.10. The third-order valence-electron chi connectivity index (χ3n) is 16.8. The molecule has 0 N–H and O–H groups in total. The second-order valence-corrected chi connectivity index (χ2v) is 27.6. The van der Waals surface area contributed by atoms with Crippen LogP contribution in [0.25, 0.3) is 0 Å². The fourth-order valence-electron chi connectivity index (χ4n) is 10.7. The van der Waals surface area contributed by atoms with Crippen LogP contribution >= 0.6 is 0 Å². The second-order valence-electron chi connectivity index (χ2n) is 27.6. The number of carboxylic acid groups (broad SMARTS) is 1. The number of hydrogen-bond acceptors (Lipinski definition) is 8. The van der Waals surface area contributed by atoms with E-state index in [-0.39, 0.29) is 38.6 Å². The first-order valence-electron chi connectivity index (χ1n) is 40.6. The summed E-state index contributed by atoms with van der Waals surface area (Å²) in [6.45, 7) is 4.51. The summed E-state index contributed by atoms with van der Waals surface area (Å²) in [4.78, 5) is 37.6. The minimum absolute atomic E-state index is 0.139. The Kier molecular flexibility index (Phi) is 75.2. The Morgan fingerprint density at radius 1 is 0.297 bits per heavy atom. The lowest BCUT2D eigenvalue weighted by Gasteiger charge is -2.26. The van der Waals surface area contributed by atoms with Crippen molar-refractivity contribution in [2.45, 2.75) is 322 Å². The third kappa shape index (κ3) is 81.3. The van der Waals surface area contributed by atoms with Crippen LogP contribution in [0.1, 0.15) is 309 Å². The van der Waals surface area contributed by atoms with Gasteiger partial charge in [0.1, 0.15) is 13.2 Å². The summed E-state index contributed by atoms with van der Waals surface area (Å²) >= 11 is 0. The quantitative estimate of drug-likeness (QED) is 0.0195. The molecular formula is C92H149NO8. The molecule has 0 aromatic rings. The van der Waals surface area contributed by atoms with Crippen molar-refractivity contribution < 1.29 is 42.9 Å². The van der Waals surface area contributed by atoms with Gasteiger partial charge in [-0.25, -0.2) is 0 Å². The van der Waals surface area contributed by atoms with Gasteiger partial charge in [0.15, 0.2) is 12.4 Å². The van der Waals surface area contributed by atoms with Crippen LogP contribution < -0.4 is 5.11 Å². The van der Waals surface area contributed by atoms with E-state index in [0.717, 1.165) is 148 Å². The van der Waals surface area contributed by atoms with Gasteiger partial charge in [0.25, 0.3) is 0 Å². The monoisotopic (exact) mass is 1400 g/mol. The van der Waals surface area contributed by atoms with Crippen molar-refractivity contribution in [3.05, 3.63) is 194 Å². The summed E-state index contributed by atoms with van der Waals surface area (Å²) in [5, 5.41) is 11.9. The van der Waals surface area contributed by atoms with Gasteiger partial charge in [-0.05, 0) is 141 Å². The summed E-state index contributed by atoms with van der Waals surface area (Å²) in [7, 11) is 5.93. The van der Waals surface area contributed by atoms with Crippen LogP contribution in [0, 0.1) is 0 Å². The normalized spacial score (nSPS) is 13.7. The molecule has 0 amide bonds. The highest BCUT2D eigenvalue weighted by atomic mass is 16.7. The Morgan fingerprint density at radius 3 is 0.792 bits per heavy atom. The number of allylic oxidation sites excluding steroid dienone is 32. The number of unbranched alkanes of at least 4 members (excludes halogenated alkanes) is 26. The number of ether oxygens (including phenoxy) is 4. The van der Waals surface area contributed by atoms with Crippen molar-refractivity contribution in [2.24, 2.45) is 0 Å². The van der Waals surface area contributed by atoms with E-state index in [0.29, 0.717) is 17.4 Å². The van der Waals surface area contributed by atoms with Crippen LogP contribution in [-0.2, 0) is 33.3 Å². The Labute approximate surface area is 621 Å². The number of carbonyl (C=O) groups excluding carboxylic acids is 3. The van der Waals surface area contributed by atoms with Gasteiger partial charge in [-0.15, -0.1) is 0 Å². The highest BCUT2D eigenvalue weighted by molar-refractivity contribution is 5.70. The van der Waals surface area contributed by atoms with Gasteiger partial charge in [-0.1, -0.05) is 350 Å². The number of likely N-dealkylation sites (N-methyl/N-ethyl adjacent to an activating group) is 1. The number of nitrogens with zero attached hydrogens (tertiary/aromatic N) is 1. The van der Waals surface area contributed by atoms with Gasteiger partial charge < -0.3 is 33.3 Å². The first kappa shape index (κ1) is 95.1. The van der Waals surface area contributed by atoms with E-state index in [1.165, 1.54) is 128 Å². The maximum atomic E-state index is 13.0. The molecular weight excluding hydrogens is 1250 g/mol. The maximum Gasteiger partial charge on any atom is 0.306 e. The zero-order valence-corrected chi connectivity index (χ0v) is 65.2. The van der Waals surface area contributed by atoms with E-state index >= 15 is 0 Å². The molecule has 0 bridgehead atoms. The van der Waals surface area contributed by atoms with Crippen molar-refractivity contribution in [2.75, 3.05) is 47.5 Å². The average Bonchev–Trinajstić information content (AvgIpc) is 1.25. The number of hydrogen-bond donors (Lipinski definition) is 0. The van der Waals surface area contributed by atoms with Gasteiger partial charge in [-0.3, -0.25) is 9.59 Å². The van der Waals surface area contributed by atoms with Crippen molar-refractivity contribution in [1.82, 2.24) is 0 Å². The highest BCUT2D eigenvalue weighted by Crippen LogP contribution is 2.17. The lowest BCUT2D eigenvalue weighted by molar-refractivity contribution is -0.870. The second kappa shape index (κ2) is 79.8. The molecule has 0 spiro atoms. The Hall–Kier alpha value is -5.87. The van der Waals surface area contributed by atoms with Crippen LogP contribution in [-0.4, -0.2) is 82.3 Å². The van der Waals surface area contributed by atoms with Crippen molar-refractivity contribution >= 4 is 17.9 Å². The Morgan fingerprint density at radius 2 is 0.535 bits per heavy atom. The number of esters is 2. The van der Waals surface area contributed by atoms with Crippen LogP contribution in [0.3, 0.4) is 0 Å². The fraction of sp³-hybridized carbons (Fsp3) is 0.620. The molecule has 0 aromatic carbocycles. The van der Waals surface area contributed by atoms with Crippen LogP contribution in [0.2, 0.25) is 0 Å². The van der Waals surface area contributed by atoms with E-state index in [4.69, 9.17) is 18.9 Å². The minimum Gasteiger partial charge on any atom is -0.545 e. The molecule has 0 aliphatic carbocycles. The smallest absolute Gasteiger partial charge is 0.306 e. The molecule has 9 heteroatoms. The molecule has 2 atom stereocenters. The van der Waals surface area contributed by atoms with E-state index in [2.05, 4.69) is 208 Å². The van der Waals surface area contributed by atoms with Crippen LogP contribution in [0.4, 0.5) is 0 Å². The molecule has 570 valence electrons. The number of carboxylic acids is 1. The molecule has 101 heavy (non-hydrogen) atoms. The van der Waals surface area contributed by atoms with Gasteiger partial charge in [-0.2, -0.15) is 0 Å². The zero-order chi connectivity index (χ0) is 73.2. The predicted molar refractivity (Wildman–Crippen MR) is 434 cm³/mol. The number of carbonyl (C=O) groups is 3. The summed E-state index contributed by atoms with van der Waals surface area (Å²) in [6, 6.07) is 0. The lowest BCUT2D eigenvalue weighted by Crippen LogP contribution is -2.44. The molecule has 0 aromatic heterocycles. The molecule has 0 fully saturated rings. The maximum absolute atomic E-state index is 13.0. The Bertz CT molecular complexity index is 2380. The summed E-state index contributed by atoms with van der Waals surface area (Å²) in [6.07, 6.45) is 120. The molecule has 0 aliphatic rings. The van der Waals surface area contributed by atoms with Crippen molar-refractivity contribution in [3.63, 3.8) is 0 Å². The SMILES string of the molecule is CC/C=C\C/C=C\C/C=C\C/C=C\C/C=C\C/C=C\C/C=C\C/C=C\C/C=C\CCCCCCCCCCCC(=O)OC(COC(=O)CCCCCCCCCCCCCCCCCCC/C=C\C/C=C\C/C=C\C/C=C\C/C=C\C/C=C\C/C=C\CC)COC(OCC[N+](C)(C)C)C(=O)[O-]. The van der Waals surface area contributed by atoms with Gasteiger partial charge in [0.05, 0.1) is 40.3 Å². The average molecular weight is 1400 g/mol. The molecule has 9 nitrogen and oxygen atoms in total. The zero-order valence-electron chi connectivity index (χ0n) is 65.2. The first-order chi connectivity index (χ1) is 49.6. The number of quaternary nitrogens is 1. The summed E-state index contributed by atoms with van der Waals surface area (Å²) in [5.74, 6) is -2.30. The molecule has 0 saturated heterocycles. The molecule has 0 radical (unpaired) electrons. The molecule has 0 heterocycles. The summed E-state index contributed by atoms with van der Waals surface area (Å²) in [5.41, 5.74) is 0. The number of rotatable bonds is 73. The van der Waals surface area contributed by atoms with Gasteiger partial charge in [0, 0.05) is 12.8 Å². The fourth-order valence-corrected chi connectivity index (χ4v) is 10.7. The topological polar surface area (TPSA) is 111 Å². The standard InChI is InChI=1S/C92H149NO8/c1-6-8-10-12-14-16-18-20-22-24-26-28-30-32-34-36-38-40-42-44-45-47-48-50-52-54-56-58-60-62-64-66-68-70-72-74-76-78-80-82-89(94)99-86-88(87-100-92(91(96)97)98-85-84-93(3,4)5)101-90(95)83-81-79-77-75-73-71-69-67-65-63-61-59-57-55-53-51-49-46-43-41-39-37-35-33-31-29-27-25-23-21-19-17-15-13-11-9-7-2/h8-11,14-17,20-23,26-29,32-35,38-41,44-46,49,53,55,59,61,88,92H,6-7,12-13,18-19,24-25,30-31,36-37,42-43,47-48,50-52,54,56-58,60,62-87H2,1-5H3/b10-8-,11-9-,16-14-,17-15-,22-20-,23-21-,28-26-,29-27-,34-32-,35-33-,40-38-,41-39-,45-44-,49-46-,55-53-,61-59-. The van der Waals surface area contributed by atoms with Crippen molar-refractivity contribution in [3.8, 4) is 0 Å². The highest BCUT2D eigenvalue weighted by Gasteiger charge is 2.22. The first-order valence-corrected chi connectivity index (χ1v) is 40.6. The molecule has 0 saturated carbocycles. The lowest BCUT2D eigenvalue weighted by atomic mass is 10.0. The largest absolute Gasteiger partial charge is 0.545 e. The van der Waals surface area contributed by atoms with Crippen LogP contribution in [0.15, 0.2) is 194 Å². The van der Waals surface area contributed by atoms with E-state index in [1.54, 1.807) is 0 Å². The van der Waals surface area contributed by atoms with Gasteiger partial charge in [0.2, 0.25) is 0 Å². The predicted octanol–water partition coefficient (Wildman–Crippen LogP) is 25.1. The third-order valence-corrected chi connectivity index (χ3v) is 16.8. The molecule has 0 aliphatic heterocycles. The van der Waals surface area contributed by atoms with Gasteiger partial charge >= 0.3 is 11.9 Å². The van der Waals surface area contributed by atoms with E-state index < -0.39 is 24.3 Å². The molecule has 2 unspecified atom stereocenters. The minimum atomic E-state index is -1.63. The van der Waals surface area contributed by atoms with E-state index in [9.17, 15) is 19.5 Å². The number of aliphatic carboxylic acids is 1.